The van der Waals surface area contributed by atoms with Crippen LogP contribution < -0.4 is 0 Å². The molecule has 1 N–H and O–H groups in total. The van der Waals surface area contributed by atoms with Gasteiger partial charge in [0.05, 0.1) is 5.69 Å². The van der Waals surface area contributed by atoms with Crippen LogP contribution in [0, 0.1) is 0 Å². The van der Waals surface area contributed by atoms with Gasteiger partial charge < -0.3 is 5.11 Å². The van der Waals surface area contributed by atoms with Crippen LogP contribution in [0.3, 0.4) is 0 Å². The van der Waals surface area contributed by atoms with Gasteiger partial charge in [0.1, 0.15) is 5.75 Å². The van der Waals surface area contributed by atoms with Crippen LogP contribution >= 0.6 is 18.6 Å². The Balaban J connectivity index is 0.000000595. The summed E-state index contributed by atoms with van der Waals surface area (Å²) in [7, 11) is 9.78. The van der Waals surface area contributed by atoms with Gasteiger partial charge in [-0.1, -0.05) is 48.5 Å². The standard InChI is InChI=1S/C18H15NO.2ClH.Ti/c1-13(19-15-8-3-2-4-9-15)18-16-10-6-5-7-14(16)11-12-17(18)20;;;/h2-12,20H,1H3;2*1H;/q;;;+2/p-2. The fourth-order valence-electron chi connectivity index (χ4n) is 2.39. The third-order valence-corrected chi connectivity index (χ3v) is 3.32. The number of aromatic hydroxyl groups is 1. The zero-order valence-electron chi connectivity index (χ0n) is 12.5. The Hall–Kier alpha value is -1.32. The third kappa shape index (κ3) is 4.83. The molecule has 116 valence electrons. The topological polar surface area (TPSA) is 32.6 Å². The van der Waals surface area contributed by atoms with Crippen molar-refractivity contribution in [3.8, 4) is 5.75 Å². The van der Waals surface area contributed by atoms with Gasteiger partial charge in [-0.05, 0) is 35.9 Å². The second kappa shape index (κ2) is 9.10. The molecule has 0 aliphatic heterocycles. The van der Waals surface area contributed by atoms with Gasteiger partial charge in [0.15, 0.2) is 0 Å². The number of benzene rings is 3. The van der Waals surface area contributed by atoms with Crippen molar-refractivity contribution in [3.63, 3.8) is 0 Å². The number of aliphatic imine (C=N–C) groups is 1. The maximum absolute atomic E-state index is 10.2. The molecular formula is C18H15Cl2NOTi. The van der Waals surface area contributed by atoms with Crippen molar-refractivity contribution in [2.75, 3.05) is 0 Å². The first kappa shape index (κ1) is 18.0. The molecule has 2 nitrogen and oxygen atoms in total. The van der Waals surface area contributed by atoms with Gasteiger partial charge in [0.2, 0.25) is 0 Å². The Labute approximate surface area is 152 Å². The van der Waals surface area contributed by atoms with E-state index in [0.717, 1.165) is 27.7 Å². The first-order chi connectivity index (χ1) is 11.2. The minimum atomic E-state index is -0.556. The van der Waals surface area contributed by atoms with E-state index < -0.39 is 17.0 Å². The molecular weight excluding hydrogens is 365 g/mol. The van der Waals surface area contributed by atoms with Gasteiger partial charge in [-0.2, -0.15) is 0 Å². The summed E-state index contributed by atoms with van der Waals surface area (Å²) in [4.78, 5) is 4.60. The van der Waals surface area contributed by atoms with Crippen LogP contribution in [0.2, 0.25) is 0 Å². The molecule has 0 aromatic heterocycles. The van der Waals surface area contributed by atoms with Crippen LogP contribution in [0.15, 0.2) is 71.7 Å². The van der Waals surface area contributed by atoms with Crippen molar-refractivity contribution in [3.05, 3.63) is 72.3 Å². The molecule has 0 radical (unpaired) electrons. The molecule has 0 spiro atoms. The van der Waals surface area contributed by atoms with E-state index in [-0.39, 0.29) is 5.75 Å². The zero-order chi connectivity index (χ0) is 16.7. The molecule has 3 aromatic carbocycles. The first-order valence-electron chi connectivity index (χ1n) is 6.95. The number of rotatable bonds is 2. The average molecular weight is 380 g/mol. The number of nitrogens with zero attached hydrogens (tertiary/aromatic N) is 1. The monoisotopic (exact) mass is 379 g/mol. The molecule has 0 fully saturated rings. The quantitative estimate of drug-likeness (QED) is 0.425. The maximum atomic E-state index is 10.2. The van der Waals surface area contributed by atoms with Crippen LogP contribution in [-0.4, -0.2) is 10.8 Å². The van der Waals surface area contributed by atoms with E-state index in [1.54, 1.807) is 6.07 Å². The molecule has 0 unspecified atom stereocenters. The Morgan fingerprint density at radius 1 is 0.913 bits per heavy atom. The van der Waals surface area contributed by atoms with Crippen LogP contribution in [-0.2, 0) is 17.0 Å². The van der Waals surface area contributed by atoms with Crippen molar-refractivity contribution in [1.29, 1.82) is 0 Å². The number of halogens is 2. The van der Waals surface area contributed by atoms with Crippen LogP contribution in [0.1, 0.15) is 12.5 Å². The van der Waals surface area contributed by atoms with E-state index in [1.165, 1.54) is 0 Å². The van der Waals surface area contributed by atoms with Crippen molar-refractivity contribution >= 4 is 40.8 Å². The van der Waals surface area contributed by atoms with Crippen LogP contribution in [0.25, 0.3) is 10.8 Å². The molecule has 0 heterocycles. The second-order valence-electron chi connectivity index (χ2n) is 4.79. The SMILES string of the molecule is CC(=Nc1ccccc1)c1c(O)ccc2ccccc12.[Cl][Ti][Cl]. The van der Waals surface area contributed by atoms with Gasteiger partial charge in [-0.15, -0.1) is 0 Å². The summed E-state index contributed by atoms with van der Waals surface area (Å²) >= 11 is -0.556. The molecule has 0 aliphatic rings. The number of para-hydroxylation sites is 1. The van der Waals surface area contributed by atoms with Gasteiger partial charge in [0.25, 0.3) is 0 Å². The summed E-state index contributed by atoms with van der Waals surface area (Å²) in [5.74, 6) is 0.265. The zero-order valence-corrected chi connectivity index (χ0v) is 15.6. The van der Waals surface area contributed by atoms with Gasteiger partial charge in [-0.3, -0.25) is 4.99 Å². The summed E-state index contributed by atoms with van der Waals surface area (Å²) in [6.45, 7) is 1.93. The van der Waals surface area contributed by atoms with Crippen LogP contribution in [0.4, 0.5) is 5.69 Å². The number of phenolic OH excluding ortho intramolecular Hbond substituents is 1. The van der Waals surface area contributed by atoms with Gasteiger partial charge >= 0.3 is 35.6 Å². The molecule has 0 aliphatic carbocycles. The fourth-order valence-corrected chi connectivity index (χ4v) is 2.39. The second-order valence-corrected chi connectivity index (χ2v) is 7.36. The molecule has 0 saturated heterocycles. The van der Waals surface area contributed by atoms with Crippen molar-refractivity contribution in [2.45, 2.75) is 6.92 Å². The normalized spacial score (nSPS) is 10.8. The summed E-state index contributed by atoms with van der Waals surface area (Å²) in [6.07, 6.45) is 0. The molecule has 0 atom stereocenters. The molecule has 3 rings (SSSR count). The molecule has 0 bridgehead atoms. The summed E-state index contributed by atoms with van der Waals surface area (Å²) in [5.41, 5.74) is 2.50. The molecule has 0 saturated carbocycles. The van der Waals surface area contributed by atoms with E-state index in [4.69, 9.17) is 18.6 Å². The Morgan fingerprint density at radius 2 is 1.52 bits per heavy atom. The summed E-state index contributed by atoms with van der Waals surface area (Å²) < 4.78 is 0. The molecule has 5 heteroatoms. The Morgan fingerprint density at radius 3 is 2.22 bits per heavy atom. The third-order valence-electron chi connectivity index (χ3n) is 3.32. The molecule has 23 heavy (non-hydrogen) atoms. The first-order valence-corrected chi connectivity index (χ1v) is 11.2. The molecule has 0 amide bonds. The van der Waals surface area contributed by atoms with E-state index in [2.05, 4.69) is 4.99 Å². The molecule has 3 aromatic rings. The van der Waals surface area contributed by atoms with Crippen LogP contribution in [0.5, 0.6) is 5.75 Å². The summed E-state index contributed by atoms with van der Waals surface area (Å²) in [5, 5.41) is 12.3. The van der Waals surface area contributed by atoms with Crippen molar-refractivity contribution in [1.82, 2.24) is 0 Å². The number of hydrogen-bond acceptors (Lipinski definition) is 2. The average Bonchev–Trinajstić information content (AvgIpc) is 2.56. The van der Waals surface area contributed by atoms with E-state index in [1.807, 2.05) is 67.6 Å². The number of hydrogen-bond donors (Lipinski definition) is 1. The van der Waals surface area contributed by atoms with Gasteiger partial charge in [-0.25, -0.2) is 0 Å². The minimum absolute atomic E-state index is 0.265. The predicted octanol–water partition coefficient (Wildman–Crippen LogP) is 6.06. The van der Waals surface area contributed by atoms with Gasteiger partial charge in [0, 0.05) is 11.3 Å². The van der Waals surface area contributed by atoms with E-state index in [9.17, 15) is 5.11 Å². The fraction of sp³-hybridized carbons (Fsp3) is 0.0556. The van der Waals surface area contributed by atoms with Crippen molar-refractivity contribution < 1.29 is 22.1 Å². The number of fused-ring (bicyclic) bond motifs is 1. The van der Waals surface area contributed by atoms with E-state index >= 15 is 0 Å². The number of phenols is 1. The van der Waals surface area contributed by atoms with E-state index in [0.29, 0.717) is 0 Å². The van der Waals surface area contributed by atoms with Crippen molar-refractivity contribution in [2.24, 2.45) is 4.99 Å². The Kier molecular flexibility index (Phi) is 7.13. The predicted molar refractivity (Wildman–Crippen MR) is 95.6 cm³/mol. The Bertz CT molecular complexity index is 806. The summed E-state index contributed by atoms with van der Waals surface area (Å²) in [6, 6.07) is 21.4.